The van der Waals surface area contributed by atoms with Crippen molar-refractivity contribution >= 4 is 42.0 Å². The Morgan fingerprint density at radius 1 is 1.23 bits per heavy atom. The summed E-state index contributed by atoms with van der Waals surface area (Å²) >= 11 is 5.96. The molecule has 0 saturated heterocycles. The van der Waals surface area contributed by atoms with Crippen LogP contribution < -0.4 is 0 Å². The normalized spacial score (nSPS) is 11.6. The molecule has 0 aliphatic carbocycles. The highest BCUT2D eigenvalue weighted by molar-refractivity contribution is 9.13. The van der Waals surface area contributed by atoms with Gasteiger partial charge in [-0.3, -0.25) is 4.55 Å². The average Bonchev–Trinajstić information content (AvgIpc) is 1.95. The number of halogens is 2. The Labute approximate surface area is 91.6 Å². The van der Waals surface area contributed by atoms with Crippen LogP contribution in [0.15, 0.2) is 26.0 Å². The van der Waals surface area contributed by atoms with Gasteiger partial charge in [0.05, 0.1) is 4.47 Å². The van der Waals surface area contributed by atoms with E-state index in [2.05, 4.69) is 31.9 Å². The molecule has 1 rings (SSSR count). The predicted molar refractivity (Wildman–Crippen MR) is 53.3 cm³/mol. The van der Waals surface area contributed by atoms with E-state index in [4.69, 9.17) is 9.66 Å². The summed E-state index contributed by atoms with van der Waals surface area (Å²) in [6.45, 7) is 0. The quantitative estimate of drug-likeness (QED) is 0.773. The van der Waals surface area contributed by atoms with Crippen LogP contribution >= 0.6 is 31.9 Å². The maximum atomic E-state index is 10.8. The first-order valence-corrected chi connectivity index (χ1v) is 6.01. The van der Waals surface area contributed by atoms with E-state index in [9.17, 15) is 8.42 Å². The van der Waals surface area contributed by atoms with Gasteiger partial charge in [0.25, 0.3) is 10.1 Å². The first kappa shape index (κ1) is 11.0. The van der Waals surface area contributed by atoms with E-state index in [-0.39, 0.29) is 4.47 Å². The third kappa shape index (κ3) is 2.22. The van der Waals surface area contributed by atoms with Crippen molar-refractivity contribution in [3.8, 4) is 5.75 Å². The van der Waals surface area contributed by atoms with Gasteiger partial charge >= 0.3 is 0 Å². The number of hydrogen-bond acceptors (Lipinski definition) is 3. The summed E-state index contributed by atoms with van der Waals surface area (Å²) in [5, 5.41) is 9.16. The summed E-state index contributed by atoms with van der Waals surface area (Å²) in [6.07, 6.45) is 0. The van der Waals surface area contributed by atoms with Crippen LogP contribution in [0.3, 0.4) is 0 Å². The molecule has 0 spiro atoms. The summed E-state index contributed by atoms with van der Waals surface area (Å²) in [5.41, 5.74) is 0. The van der Waals surface area contributed by atoms with Gasteiger partial charge in [0.2, 0.25) is 0 Å². The van der Waals surface area contributed by atoms with Gasteiger partial charge in [0.15, 0.2) is 4.90 Å². The van der Waals surface area contributed by atoms with Crippen molar-refractivity contribution in [2.45, 2.75) is 4.90 Å². The number of phenols is 1. The van der Waals surface area contributed by atoms with E-state index in [1.54, 1.807) is 0 Å². The number of benzene rings is 1. The minimum atomic E-state index is -4.41. The number of aromatic hydroxyl groups is 1. The van der Waals surface area contributed by atoms with Crippen LogP contribution in [-0.2, 0) is 10.1 Å². The smallest absolute Gasteiger partial charge is 0.299 e. The molecule has 7 heteroatoms. The molecular weight excluding hydrogens is 328 g/mol. The first-order chi connectivity index (χ1) is 5.84. The highest BCUT2D eigenvalue weighted by atomic mass is 79.9. The summed E-state index contributed by atoms with van der Waals surface area (Å²) < 4.78 is 30.8. The van der Waals surface area contributed by atoms with Crippen LogP contribution in [0.4, 0.5) is 0 Å². The van der Waals surface area contributed by atoms with E-state index in [0.29, 0.717) is 4.47 Å². The monoisotopic (exact) mass is 330 g/mol. The van der Waals surface area contributed by atoms with E-state index >= 15 is 0 Å². The molecule has 0 atom stereocenters. The standard InChI is InChI=1S/C6H4Br2O4S/c7-3-1-2-4(9)6(5(3)8)13(10,11)12/h1-2,9H,(H,10,11,12). The van der Waals surface area contributed by atoms with Gasteiger partial charge in [-0.05, 0) is 44.0 Å². The molecule has 13 heavy (non-hydrogen) atoms. The Bertz CT molecular complexity index is 440. The zero-order valence-electron chi connectivity index (χ0n) is 6.03. The summed E-state index contributed by atoms with van der Waals surface area (Å²) in [4.78, 5) is -0.540. The molecule has 72 valence electrons. The van der Waals surface area contributed by atoms with E-state index in [0.717, 1.165) is 6.07 Å². The second-order valence-electron chi connectivity index (χ2n) is 2.18. The lowest BCUT2D eigenvalue weighted by molar-refractivity contribution is 0.442. The van der Waals surface area contributed by atoms with E-state index in [1.807, 2.05) is 0 Å². The van der Waals surface area contributed by atoms with Gasteiger partial charge in [-0.2, -0.15) is 8.42 Å². The summed E-state index contributed by atoms with van der Waals surface area (Å²) in [6, 6.07) is 2.62. The maximum absolute atomic E-state index is 10.8. The molecule has 0 aromatic heterocycles. The van der Waals surface area contributed by atoms with Crippen molar-refractivity contribution in [3.63, 3.8) is 0 Å². The average molecular weight is 332 g/mol. The predicted octanol–water partition coefficient (Wildman–Crippen LogP) is 2.16. The lowest BCUT2D eigenvalue weighted by Crippen LogP contribution is -2.00. The van der Waals surface area contributed by atoms with Crippen LogP contribution in [-0.4, -0.2) is 18.1 Å². The number of phenolic OH excluding ortho intramolecular Hbond substituents is 1. The van der Waals surface area contributed by atoms with Gasteiger partial charge in [-0.1, -0.05) is 0 Å². The Morgan fingerprint density at radius 2 is 1.77 bits per heavy atom. The fourth-order valence-electron chi connectivity index (χ4n) is 0.767. The largest absolute Gasteiger partial charge is 0.506 e. The van der Waals surface area contributed by atoms with Crippen LogP contribution in [0.1, 0.15) is 0 Å². The van der Waals surface area contributed by atoms with E-state index < -0.39 is 20.8 Å². The molecule has 0 aliphatic heterocycles. The van der Waals surface area contributed by atoms with E-state index in [1.165, 1.54) is 6.07 Å². The van der Waals surface area contributed by atoms with Crippen LogP contribution in [0, 0.1) is 0 Å². The van der Waals surface area contributed by atoms with Gasteiger partial charge in [0.1, 0.15) is 5.75 Å². The molecule has 0 unspecified atom stereocenters. The lowest BCUT2D eigenvalue weighted by Gasteiger charge is -2.04. The third-order valence-electron chi connectivity index (χ3n) is 1.29. The number of hydrogen-bond donors (Lipinski definition) is 2. The second kappa shape index (κ2) is 3.56. The maximum Gasteiger partial charge on any atom is 0.299 e. The first-order valence-electron chi connectivity index (χ1n) is 2.98. The molecule has 0 amide bonds. The fourth-order valence-corrected chi connectivity index (χ4v) is 2.85. The molecule has 1 aromatic rings. The number of rotatable bonds is 1. The molecule has 0 bridgehead atoms. The third-order valence-corrected chi connectivity index (χ3v) is 4.50. The van der Waals surface area contributed by atoms with Crippen molar-refractivity contribution in [1.82, 2.24) is 0 Å². The fraction of sp³-hybridized carbons (Fsp3) is 0. The Hall–Kier alpha value is -0.110. The Kier molecular flexibility index (Phi) is 3.01. The van der Waals surface area contributed by atoms with Gasteiger partial charge < -0.3 is 5.11 Å². The van der Waals surface area contributed by atoms with Crippen molar-refractivity contribution in [2.24, 2.45) is 0 Å². The lowest BCUT2D eigenvalue weighted by atomic mass is 10.3. The van der Waals surface area contributed by atoms with Crippen molar-refractivity contribution < 1.29 is 18.1 Å². The van der Waals surface area contributed by atoms with Gasteiger partial charge in [-0.15, -0.1) is 0 Å². The minimum Gasteiger partial charge on any atom is -0.506 e. The van der Waals surface area contributed by atoms with Gasteiger partial charge in [0, 0.05) is 4.47 Å². The zero-order chi connectivity index (χ0) is 10.2. The summed E-state index contributed by atoms with van der Waals surface area (Å²) in [7, 11) is -4.41. The van der Waals surface area contributed by atoms with Crippen molar-refractivity contribution in [1.29, 1.82) is 0 Å². The molecule has 2 N–H and O–H groups in total. The zero-order valence-corrected chi connectivity index (χ0v) is 10.0. The molecule has 0 fully saturated rings. The molecular formula is C6H4Br2O4S. The molecule has 0 aliphatic rings. The molecule has 4 nitrogen and oxygen atoms in total. The highest BCUT2D eigenvalue weighted by Gasteiger charge is 2.20. The molecule has 0 heterocycles. The summed E-state index contributed by atoms with van der Waals surface area (Å²) in [5.74, 6) is -0.502. The molecule has 1 aromatic carbocycles. The van der Waals surface area contributed by atoms with Gasteiger partial charge in [-0.25, -0.2) is 0 Å². The topological polar surface area (TPSA) is 74.6 Å². The van der Waals surface area contributed by atoms with Crippen molar-refractivity contribution in [2.75, 3.05) is 0 Å². The van der Waals surface area contributed by atoms with Crippen LogP contribution in [0.25, 0.3) is 0 Å². The van der Waals surface area contributed by atoms with Crippen LogP contribution in [0.5, 0.6) is 5.75 Å². The second-order valence-corrected chi connectivity index (χ2v) is 5.19. The highest BCUT2D eigenvalue weighted by Crippen LogP contribution is 2.35. The van der Waals surface area contributed by atoms with Crippen LogP contribution in [0.2, 0.25) is 0 Å². The Balaban J connectivity index is 3.62. The minimum absolute atomic E-state index is 0.0926. The van der Waals surface area contributed by atoms with Crippen molar-refractivity contribution in [3.05, 3.63) is 21.1 Å². The SMILES string of the molecule is O=S(=O)(O)c1c(O)ccc(Br)c1Br. The molecule has 0 radical (unpaired) electrons. The Morgan fingerprint density at radius 3 is 2.15 bits per heavy atom. The molecule has 0 saturated carbocycles.